The van der Waals surface area contributed by atoms with E-state index in [-0.39, 0.29) is 0 Å². The average molecular weight is 320 g/mol. The van der Waals surface area contributed by atoms with Crippen LogP contribution in [0.5, 0.6) is 11.5 Å². The van der Waals surface area contributed by atoms with Crippen LogP contribution in [0.4, 0.5) is 0 Å². The summed E-state index contributed by atoms with van der Waals surface area (Å²) in [7, 11) is -1.23. The van der Waals surface area contributed by atoms with Crippen LogP contribution in [0.2, 0.25) is 0 Å². The van der Waals surface area contributed by atoms with Gasteiger partial charge in [0.1, 0.15) is 24.2 Å². The highest BCUT2D eigenvalue weighted by atomic mass is 32.2. The molecule has 1 atom stereocenters. The molecule has 4 rings (SSSR count). The molecule has 22 heavy (non-hydrogen) atoms. The minimum atomic E-state index is -1.23. The Balaban J connectivity index is 1.49. The predicted octanol–water partition coefficient (Wildman–Crippen LogP) is 0.565. The average Bonchev–Trinajstić information content (AvgIpc) is 3.12. The van der Waals surface area contributed by atoms with Gasteiger partial charge in [-0.1, -0.05) is 0 Å². The lowest BCUT2D eigenvalue weighted by Crippen LogP contribution is -2.30. The Kier molecular flexibility index (Phi) is 3.38. The maximum Gasteiger partial charge on any atom is 0.210 e. The van der Waals surface area contributed by atoms with E-state index in [2.05, 4.69) is 0 Å². The standard InChI is InChI=1S/C15H16N2O4S/c18-10-16-6-11-8-17(9-12(11)7-16)22(19)13-1-2-14-15(5-13)21-4-3-20-14/h1-2,5,10H,3-4,6-9H2. The smallest absolute Gasteiger partial charge is 0.210 e. The first-order valence-electron chi connectivity index (χ1n) is 7.20. The van der Waals surface area contributed by atoms with Gasteiger partial charge >= 0.3 is 0 Å². The maximum atomic E-state index is 12.7. The zero-order valence-corrected chi connectivity index (χ0v) is 12.8. The summed E-state index contributed by atoms with van der Waals surface area (Å²) in [4.78, 5) is 13.3. The molecule has 0 saturated heterocycles. The SMILES string of the molecule is O=CN1CC2=C(C1)CN(S(=O)c1ccc3c(c1)OCCO3)C2. The van der Waals surface area contributed by atoms with Gasteiger partial charge in [0.05, 0.1) is 4.90 Å². The second kappa shape index (κ2) is 5.40. The van der Waals surface area contributed by atoms with Crippen molar-refractivity contribution in [2.75, 3.05) is 39.4 Å². The van der Waals surface area contributed by atoms with Crippen molar-refractivity contribution in [3.8, 4) is 11.5 Å². The van der Waals surface area contributed by atoms with Crippen LogP contribution in [0.1, 0.15) is 0 Å². The molecule has 0 saturated carbocycles. The van der Waals surface area contributed by atoms with E-state index in [1.807, 2.05) is 16.4 Å². The highest BCUT2D eigenvalue weighted by Gasteiger charge is 2.32. The van der Waals surface area contributed by atoms with Crippen LogP contribution in [0.15, 0.2) is 34.2 Å². The number of carbonyl (C=O) groups excluding carboxylic acids is 1. The summed E-state index contributed by atoms with van der Waals surface area (Å²) in [6, 6.07) is 5.43. The van der Waals surface area contributed by atoms with Crippen LogP contribution in [0.3, 0.4) is 0 Å². The third-order valence-electron chi connectivity index (χ3n) is 4.12. The largest absolute Gasteiger partial charge is 0.486 e. The summed E-state index contributed by atoms with van der Waals surface area (Å²) in [6.45, 7) is 3.69. The topological polar surface area (TPSA) is 59.1 Å². The maximum absolute atomic E-state index is 12.7. The molecule has 1 aromatic rings. The van der Waals surface area contributed by atoms with E-state index in [4.69, 9.17) is 9.47 Å². The molecule has 7 heteroatoms. The molecular weight excluding hydrogens is 304 g/mol. The molecule has 3 aliphatic rings. The second-order valence-corrected chi connectivity index (χ2v) is 7.06. The highest BCUT2D eigenvalue weighted by Crippen LogP contribution is 2.33. The minimum Gasteiger partial charge on any atom is -0.486 e. The van der Waals surface area contributed by atoms with Gasteiger partial charge in [-0.25, -0.2) is 8.51 Å². The van der Waals surface area contributed by atoms with E-state index in [0.717, 1.165) is 11.3 Å². The summed E-state index contributed by atoms with van der Waals surface area (Å²) in [5.41, 5.74) is 2.44. The summed E-state index contributed by atoms with van der Waals surface area (Å²) < 4.78 is 25.7. The van der Waals surface area contributed by atoms with Gasteiger partial charge in [-0.3, -0.25) is 4.79 Å². The van der Waals surface area contributed by atoms with Crippen molar-refractivity contribution < 1.29 is 18.5 Å². The monoisotopic (exact) mass is 320 g/mol. The van der Waals surface area contributed by atoms with E-state index in [0.29, 0.717) is 50.9 Å². The van der Waals surface area contributed by atoms with Crippen LogP contribution < -0.4 is 9.47 Å². The van der Waals surface area contributed by atoms with E-state index in [1.54, 1.807) is 11.0 Å². The molecule has 0 aliphatic carbocycles. The number of amides is 1. The fraction of sp³-hybridized carbons (Fsp3) is 0.400. The van der Waals surface area contributed by atoms with Crippen LogP contribution in [0, 0.1) is 0 Å². The number of fused-ring (bicyclic) bond motifs is 1. The Morgan fingerprint density at radius 2 is 1.68 bits per heavy atom. The van der Waals surface area contributed by atoms with Crippen molar-refractivity contribution in [2.45, 2.75) is 4.90 Å². The third kappa shape index (κ3) is 2.30. The van der Waals surface area contributed by atoms with E-state index >= 15 is 0 Å². The van der Waals surface area contributed by atoms with Crippen LogP contribution in [-0.4, -0.2) is 59.2 Å². The number of hydrogen-bond acceptors (Lipinski definition) is 4. The first-order chi connectivity index (χ1) is 10.7. The first-order valence-corrected chi connectivity index (χ1v) is 8.31. The van der Waals surface area contributed by atoms with Crippen molar-refractivity contribution in [2.24, 2.45) is 0 Å². The van der Waals surface area contributed by atoms with E-state index < -0.39 is 11.0 Å². The van der Waals surface area contributed by atoms with Crippen LogP contribution in [0.25, 0.3) is 0 Å². The molecule has 1 aromatic carbocycles. The molecule has 0 N–H and O–H groups in total. The van der Waals surface area contributed by atoms with Gasteiger partial charge in [-0.15, -0.1) is 0 Å². The molecule has 1 unspecified atom stereocenters. The number of nitrogens with zero attached hydrogens (tertiary/aromatic N) is 2. The van der Waals surface area contributed by atoms with Gasteiger partial charge in [0.15, 0.2) is 11.5 Å². The Labute approximate surface area is 130 Å². The number of rotatable bonds is 3. The van der Waals surface area contributed by atoms with Gasteiger partial charge < -0.3 is 14.4 Å². The molecule has 0 aromatic heterocycles. The first kappa shape index (κ1) is 13.8. The van der Waals surface area contributed by atoms with Gasteiger partial charge in [0, 0.05) is 32.2 Å². The van der Waals surface area contributed by atoms with Crippen molar-refractivity contribution in [1.29, 1.82) is 0 Å². The Morgan fingerprint density at radius 1 is 1.00 bits per heavy atom. The van der Waals surface area contributed by atoms with Crippen LogP contribution in [-0.2, 0) is 15.8 Å². The summed E-state index contributed by atoms with van der Waals surface area (Å²) >= 11 is 0. The normalized spacial score (nSPS) is 21.9. The van der Waals surface area contributed by atoms with Crippen molar-refractivity contribution in [1.82, 2.24) is 9.21 Å². The van der Waals surface area contributed by atoms with E-state index in [9.17, 15) is 9.00 Å². The summed E-state index contributed by atoms with van der Waals surface area (Å²) in [6.07, 6.45) is 0.875. The van der Waals surface area contributed by atoms with Crippen LogP contribution >= 0.6 is 0 Å². The lowest BCUT2D eigenvalue weighted by molar-refractivity contribution is -0.117. The van der Waals surface area contributed by atoms with Crippen molar-refractivity contribution in [3.63, 3.8) is 0 Å². The van der Waals surface area contributed by atoms with Gasteiger partial charge in [-0.05, 0) is 23.3 Å². The second-order valence-electron chi connectivity index (χ2n) is 5.57. The van der Waals surface area contributed by atoms with Gasteiger partial charge in [-0.2, -0.15) is 0 Å². The molecule has 116 valence electrons. The number of carbonyl (C=O) groups is 1. The van der Waals surface area contributed by atoms with Gasteiger partial charge in [0.2, 0.25) is 6.41 Å². The third-order valence-corrected chi connectivity index (χ3v) is 5.51. The molecule has 0 radical (unpaired) electrons. The number of hydrogen-bond donors (Lipinski definition) is 0. The molecule has 0 fully saturated rings. The molecule has 1 amide bonds. The Bertz CT molecular complexity index is 670. The molecular formula is C15H16N2O4S. The molecule has 3 aliphatic heterocycles. The van der Waals surface area contributed by atoms with E-state index in [1.165, 1.54) is 11.1 Å². The fourth-order valence-electron chi connectivity index (χ4n) is 3.05. The summed E-state index contributed by atoms with van der Waals surface area (Å²) in [5.74, 6) is 1.36. The molecule has 6 nitrogen and oxygen atoms in total. The van der Waals surface area contributed by atoms with Gasteiger partial charge in [0.25, 0.3) is 0 Å². The quantitative estimate of drug-likeness (QED) is 0.603. The molecule has 0 bridgehead atoms. The Morgan fingerprint density at radius 3 is 2.36 bits per heavy atom. The molecule has 3 heterocycles. The lowest BCUT2D eigenvalue weighted by Gasteiger charge is -2.21. The zero-order chi connectivity index (χ0) is 15.1. The predicted molar refractivity (Wildman–Crippen MR) is 80.1 cm³/mol. The zero-order valence-electron chi connectivity index (χ0n) is 12.0. The lowest BCUT2D eigenvalue weighted by atomic mass is 10.2. The number of benzene rings is 1. The Hall–Kier alpha value is -1.86. The fourth-order valence-corrected chi connectivity index (χ4v) is 4.28. The van der Waals surface area contributed by atoms with Crippen molar-refractivity contribution >= 4 is 17.4 Å². The van der Waals surface area contributed by atoms with Crippen molar-refractivity contribution in [3.05, 3.63) is 29.3 Å². The molecule has 0 spiro atoms. The minimum absolute atomic E-state index is 0.518. The highest BCUT2D eigenvalue weighted by molar-refractivity contribution is 7.82. The number of ether oxygens (including phenoxy) is 2. The summed E-state index contributed by atoms with van der Waals surface area (Å²) in [5, 5.41) is 0.